The maximum Gasteiger partial charge on any atom is 0.248 e. The van der Waals surface area contributed by atoms with E-state index in [9.17, 15) is 4.79 Å². The number of likely N-dealkylation sites (tertiary alicyclic amines) is 1. The lowest BCUT2D eigenvalue weighted by Crippen LogP contribution is -2.40. The van der Waals surface area contributed by atoms with E-state index in [4.69, 9.17) is 4.74 Å². The Bertz CT molecular complexity index is 225. The molecule has 1 aliphatic heterocycles. The van der Waals surface area contributed by atoms with Crippen molar-refractivity contribution in [1.82, 2.24) is 4.90 Å². The van der Waals surface area contributed by atoms with E-state index in [0.717, 1.165) is 24.7 Å². The number of hydrogen-bond donors (Lipinski definition) is 0. The van der Waals surface area contributed by atoms with Gasteiger partial charge in [-0.1, -0.05) is 15.9 Å². The Hall–Kier alpha value is -0.0900. The minimum Gasteiger partial charge on any atom is -0.366 e. The maximum absolute atomic E-state index is 11.8. The van der Waals surface area contributed by atoms with Crippen LogP contribution in [0.4, 0.5) is 0 Å². The number of ether oxygens (including phenoxy) is 1. The van der Waals surface area contributed by atoms with Crippen molar-refractivity contribution >= 4 is 21.8 Å². The number of rotatable bonds is 3. The topological polar surface area (TPSA) is 29.5 Å². The first-order valence-electron chi connectivity index (χ1n) is 5.43. The molecule has 0 aromatic heterocycles. The van der Waals surface area contributed by atoms with Crippen LogP contribution in [0.1, 0.15) is 33.6 Å². The van der Waals surface area contributed by atoms with Gasteiger partial charge in [0.15, 0.2) is 0 Å². The van der Waals surface area contributed by atoms with Crippen LogP contribution in [0.5, 0.6) is 0 Å². The summed E-state index contributed by atoms with van der Waals surface area (Å²) in [6.45, 7) is 6.97. The van der Waals surface area contributed by atoms with Gasteiger partial charge < -0.3 is 9.64 Å². The monoisotopic (exact) mass is 277 g/mol. The normalized spacial score (nSPS) is 22.1. The van der Waals surface area contributed by atoms with Gasteiger partial charge in [0.2, 0.25) is 5.91 Å². The number of carbonyl (C=O) groups is 1. The summed E-state index contributed by atoms with van der Waals surface area (Å²) in [5.74, 6) is 0.117. The van der Waals surface area contributed by atoms with E-state index < -0.39 is 0 Å². The summed E-state index contributed by atoms with van der Waals surface area (Å²) in [5.41, 5.74) is -0.237. The summed E-state index contributed by atoms with van der Waals surface area (Å²) in [5, 5.41) is 0.869. The Morgan fingerprint density at radius 1 is 1.53 bits per heavy atom. The fourth-order valence-corrected chi connectivity index (χ4v) is 2.36. The third-order valence-corrected chi connectivity index (χ3v) is 3.25. The second-order valence-corrected chi connectivity index (χ2v) is 5.59. The molecule has 1 unspecified atom stereocenters. The minimum atomic E-state index is -0.237. The zero-order valence-electron chi connectivity index (χ0n) is 9.75. The van der Waals surface area contributed by atoms with Crippen LogP contribution >= 0.6 is 15.9 Å². The molecule has 3 nitrogen and oxygen atoms in total. The molecule has 0 aromatic carbocycles. The highest BCUT2D eigenvalue weighted by atomic mass is 79.9. The molecule has 15 heavy (non-hydrogen) atoms. The van der Waals surface area contributed by atoms with E-state index in [1.165, 1.54) is 0 Å². The predicted octanol–water partition coefficient (Wildman–Crippen LogP) is 2.19. The van der Waals surface area contributed by atoms with Gasteiger partial charge in [-0.05, 0) is 33.6 Å². The van der Waals surface area contributed by atoms with Gasteiger partial charge in [0.1, 0.15) is 6.61 Å². The molecular weight excluding hydrogens is 258 g/mol. The van der Waals surface area contributed by atoms with E-state index in [2.05, 4.69) is 15.9 Å². The summed E-state index contributed by atoms with van der Waals surface area (Å²) in [7, 11) is 0. The van der Waals surface area contributed by atoms with Crippen molar-refractivity contribution in [3.8, 4) is 0 Å². The average Bonchev–Trinajstić information content (AvgIpc) is 2.60. The summed E-state index contributed by atoms with van der Waals surface area (Å²) >= 11 is 3.44. The van der Waals surface area contributed by atoms with Crippen molar-refractivity contribution < 1.29 is 9.53 Å². The Balaban J connectivity index is 2.40. The minimum absolute atomic E-state index is 0.117. The van der Waals surface area contributed by atoms with Gasteiger partial charge in [0, 0.05) is 17.9 Å². The van der Waals surface area contributed by atoms with Crippen LogP contribution in [-0.4, -0.2) is 40.9 Å². The Kier molecular flexibility index (Phi) is 4.59. The van der Waals surface area contributed by atoms with Gasteiger partial charge in [0.05, 0.1) is 5.60 Å². The smallest absolute Gasteiger partial charge is 0.248 e. The van der Waals surface area contributed by atoms with Gasteiger partial charge in [-0.3, -0.25) is 4.79 Å². The van der Waals surface area contributed by atoms with Crippen LogP contribution in [0.3, 0.4) is 0 Å². The highest BCUT2D eigenvalue weighted by Crippen LogP contribution is 2.19. The largest absolute Gasteiger partial charge is 0.366 e. The lowest BCUT2D eigenvalue weighted by molar-refractivity contribution is -0.141. The number of nitrogens with zero attached hydrogens (tertiary/aromatic N) is 1. The highest BCUT2D eigenvalue weighted by Gasteiger charge is 2.28. The summed E-state index contributed by atoms with van der Waals surface area (Å²) in [6, 6.07) is 0.362. The molecule has 1 heterocycles. The van der Waals surface area contributed by atoms with Crippen LogP contribution < -0.4 is 0 Å². The third-order valence-electron chi connectivity index (χ3n) is 2.50. The fourth-order valence-electron chi connectivity index (χ4n) is 1.69. The molecule has 0 spiro atoms. The molecule has 0 aromatic rings. The fraction of sp³-hybridized carbons (Fsp3) is 0.909. The van der Waals surface area contributed by atoms with Crippen molar-refractivity contribution in [2.24, 2.45) is 0 Å². The Morgan fingerprint density at radius 2 is 2.20 bits per heavy atom. The quantitative estimate of drug-likeness (QED) is 0.741. The lowest BCUT2D eigenvalue weighted by atomic mass is 10.2. The number of halogens is 1. The summed E-state index contributed by atoms with van der Waals surface area (Å²) < 4.78 is 5.49. The average molecular weight is 278 g/mol. The van der Waals surface area contributed by atoms with Gasteiger partial charge in [-0.2, -0.15) is 0 Å². The molecule has 1 atom stereocenters. The van der Waals surface area contributed by atoms with Crippen LogP contribution in [0, 0.1) is 0 Å². The predicted molar refractivity (Wildman–Crippen MR) is 64.2 cm³/mol. The first-order valence-corrected chi connectivity index (χ1v) is 6.55. The molecule has 1 saturated heterocycles. The number of amides is 1. The van der Waals surface area contributed by atoms with E-state index in [1.54, 1.807) is 0 Å². The lowest BCUT2D eigenvalue weighted by Gasteiger charge is -2.25. The van der Waals surface area contributed by atoms with Gasteiger partial charge in [0.25, 0.3) is 0 Å². The Labute approximate surface area is 100 Å². The van der Waals surface area contributed by atoms with E-state index in [1.807, 2.05) is 25.7 Å². The van der Waals surface area contributed by atoms with Crippen LogP contribution in [0.15, 0.2) is 0 Å². The van der Waals surface area contributed by atoms with E-state index in [0.29, 0.717) is 6.04 Å². The van der Waals surface area contributed by atoms with Crippen LogP contribution in [-0.2, 0) is 9.53 Å². The molecule has 0 radical (unpaired) electrons. The molecule has 4 heteroatoms. The zero-order chi connectivity index (χ0) is 11.5. The number of alkyl halides is 1. The first-order chi connectivity index (χ1) is 6.94. The van der Waals surface area contributed by atoms with Crippen LogP contribution in [0.2, 0.25) is 0 Å². The molecule has 0 aliphatic carbocycles. The SMILES string of the molecule is CC(C)(C)OCC(=O)N1CCCC1CBr. The molecule has 0 N–H and O–H groups in total. The van der Waals surface area contributed by atoms with Crippen molar-refractivity contribution in [2.45, 2.75) is 45.3 Å². The molecule has 1 fully saturated rings. The standard InChI is InChI=1S/C11H20BrNO2/c1-11(2,3)15-8-10(14)13-6-4-5-9(13)7-12/h9H,4-8H2,1-3H3. The second kappa shape index (κ2) is 5.30. The Morgan fingerprint density at radius 3 is 2.73 bits per heavy atom. The second-order valence-electron chi connectivity index (χ2n) is 4.94. The summed E-state index contributed by atoms with van der Waals surface area (Å²) in [6.07, 6.45) is 2.21. The summed E-state index contributed by atoms with van der Waals surface area (Å²) in [4.78, 5) is 13.8. The van der Waals surface area contributed by atoms with Crippen molar-refractivity contribution in [1.29, 1.82) is 0 Å². The van der Waals surface area contributed by atoms with Crippen LogP contribution in [0.25, 0.3) is 0 Å². The third kappa shape index (κ3) is 4.11. The first kappa shape index (κ1) is 13.0. The van der Waals surface area contributed by atoms with Gasteiger partial charge in [-0.25, -0.2) is 0 Å². The molecule has 1 amide bonds. The number of hydrogen-bond acceptors (Lipinski definition) is 2. The molecule has 1 aliphatic rings. The van der Waals surface area contributed by atoms with Crippen molar-refractivity contribution in [2.75, 3.05) is 18.5 Å². The van der Waals surface area contributed by atoms with E-state index in [-0.39, 0.29) is 18.1 Å². The molecule has 88 valence electrons. The van der Waals surface area contributed by atoms with Gasteiger partial charge in [-0.15, -0.1) is 0 Å². The zero-order valence-corrected chi connectivity index (χ0v) is 11.3. The van der Waals surface area contributed by atoms with Crippen molar-refractivity contribution in [3.63, 3.8) is 0 Å². The number of carbonyl (C=O) groups excluding carboxylic acids is 1. The highest BCUT2D eigenvalue weighted by molar-refractivity contribution is 9.09. The van der Waals surface area contributed by atoms with Crippen molar-refractivity contribution in [3.05, 3.63) is 0 Å². The maximum atomic E-state index is 11.8. The molecule has 0 saturated carbocycles. The molecular formula is C11H20BrNO2. The van der Waals surface area contributed by atoms with E-state index >= 15 is 0 Å². The molecule has 0 bridgehead atoms. The van der Waals surface area contributed by atoms with Gasteiger partial charge >= 0.3 is 0 Å². The molecule has 1 rings (SSSR count).